The van der Waals surface area contributed by atoms with Crippen LogP contribution in [0.25, 0.3) is 0 Å². The highest BCUT2D eigenvalue weighted by Gasteiger charge is 2.32. The highest BCUT2D eigenvalue weighted by molar-refractivity contribution is 4.72. The largest absolute Gasteiger partial charge is 0.350 e. The van der Waals surface area contributed by atoms with Gasteiger partial charge in [-0.15, -0.1) is 0 Å². The summed E-state index contributed by atoms with van der Waals surface area (Å²) in [6.45, 7) is 12.5. The lowest BCUT2D eigenvalue weighted by molar-refractivity contribution is -0.254. The molecule has 0 amide bonds. The van der Waals surface area contributed by atoms with E-state index in [4.69, 9.17) is 9.47 Å². The molecule has 18 heavy (non-hydrogen) atoms. The minimum atomic E-state index is -0.391. The van der Waals surface area contributed by atoms with E-state index in [9.17, 15) is 0 Å². The van der Waals surface area contributed by atoms with Crippen LogP contribution in [0.15, 0.2) is 0 Å². The summed E-state index contributed by atoms with van der Waals surface area (Å²) in [4.78, 5) is 0. The van der Waals surface area contributed by atoms with E-state index in [1.165, 1.54) is 32.1 Å². The van der Waals surface area contributed by atoms with Gasteiger partial charge in [-0.2, -0.15) is 0 Å². The van der Waals surface area contributed by atoms with E-state index in [-0.39, 0.29) is 0 Å². The molecule has 1 atom stereocenters. The van der Waals surface area contributed by atoms with E-state index < -0.39 is 5.79 Å². The van der Waals surface area contributed by atoms with Gasteiger partial charge in [-0.1, -0.05) is 53.4 Å². The zero-order valence-electron chi connectivity index (χ0n) is 13.3. The Morgan fingerprint density at radius 3 is 1.83 bits per heavy atom. The maximum atomic E-state index is 5.98. The van der Waals surface area contributed by atoms with Crippen molar-refractivity contribution in [1.82, 2.24) is 0 Å². The fourth-order valence-corrected chi connectivity index (χ4v) is 2.08. The van der Waals surface area contributed by atoms with Gasteiger partial charge in [-0.25, -0.2) is 0 Å². The van der Waals surface area contributed by atoms with Crippen LogP contribution >= 0.6 is 0 Å². The predicted molar refractivity (Wildman–Crippen MR) is 78.8 cm³/mol. The first kappa shape index (κ1) is 17.9. The number of hydrogen-bond donors (Lipinski definition) is 0. The molecule has 110 valence electrons. The highest BCUT2D eigenvalue weighted by Crippen LogP contribution is 2.28. The third kappa shape index (κ3) is 7.38. The Balaban J connectivity index is 4.15. The molecule has 0 N–H and O–H groups in total. The van der Waals surface area contributed by atoms with Crippen LogP contribution in [0, 0.1) is 5.92 Å². The molecule has 0 bridgehead atoms. The Bertz CT molecular complexity index is 172. The first-order valence-corrected chi connectivity index (χ1v) is 7.88. The van der Waals surface area contributed by atoms with Crippen LogP contribution in [0.4, 0.5) is 0 Å². The van der Waals surface area contributed by atoms with Gasteiger partial charge in [0.1, 0.15) is 0 Å². The fourth-order valence-electron chi connectivity index (χ4n) is 2.08. The zero-order valence-corrected chi connectivity index (χ0v) is 13.3. The average Bonchev–Trinajstić information content (AvgIpc) is 2.38. The lowest BCUT2D eigenvalue weighted by atomic mass is 9.94. The molecule has 0 aromatic carbocycles. The van der Waals surface area contributed by atoms with Crippen LogP contribution in [0.1, 0.15) is 79.6 Å². The maximum Gasteiger partial charge on any atom is 0.167 e. The highest BCUT2D eigenvalue weighted by atomic mass is 16.7. The van der Waals surface area contributed by atoms with E-state index in [1.54, 1.807) is 0 Å². The standard InChI is InChI=1S/C16H34O2/c1-6-9-10-11-12-15(4)16(5,17-13-7-2)18-14-8-3/h15H,6-14H2,1-5H3. The first-order chi connectivity index (χ1) is 8.60. The molecular formula is C16H34O2. The Morgan fingerprint density at radius 1 is 0.833 bits per heavy atom. The van der Waals surface area contributed by atoms with Crippen LogP contribution in [0.2, 0.25) is 0 Å². The molecule has 0 saturated heterocycles. The first-order valence-electron chi connectivity index (χ1n) is 7.88. The van der Waals surface area contributed by atoms with Crippen molar-refractivity contribution in [3.05, 3.63) is 0 Å². The van der Waals surface area contributed by atoms with Crippen molar-refractivity contribution < 1.29 is 9.47 Å². The summed E-state index contributed by atoms with van der Waals surface area (Å²) < 4.78 is 12.0. The molecule has 2 nitrogen and oxygen atoms in total. The molecule has 0 aliphatic rings. The van der Waals surface area contributed by atoms with Gasteiger partial charge in [-0.05, 0) is 26.2 Å². The lowest BCUT2D eigenvalue weighted by Gasteiger charge is -2.35. The third-order valence-electron chi connectivity index (χ3n) is 3.57. The van der Waals surface area contributed by atoms with Crippen molar-refractivity contribution in [3.8, 4) is 0 Å². The summed E-state index contributed by atoms with van der Waals surface area (Å²) in [6.07, 6.45) is 8.55. The van der Waals surface area contributed by atoms with E-state index in [0.29, 0.717) is 5.92 Å². The minimum Gasteiger partial charge on any atom is -0.350 e. The van der Waals surface area contributed by atoms with Gasteiger partial charge in [0.25, 0.3) is 0 Å². The molecule has 0 aromatic rings. The van der Waals surface area contributed by atoms with Crippen LogP contribution in [-0.2, 0) is 9.47 Å². The Labute approximate surface area is 114 Å². The third-order valence-corrected chi connectivity index (χ3v) is 3.57. The molecule has 0 aliphatic heterocycles. The molecule has 0 spiro atoms. The average molecular weight is 258 g/mol. The van der Waals surface area contributed by atoms with Gasteiger partial charge in [0.15, 0.2) is 5.79 Å². The van der Waals surface area contributed by atoms with Gasteiger partial charge in [0.05, 0.1) is 0 Å². The number of hydrogen-bond acceptors (Lipinski definition) is 2. The Kier molecular flexibility index (Phi) is 10.8. The van der Waals surface area contributed by atoms with Crippen LogP contribution in [0.3, 0.4) is 0 Å². The normalized spacial score (nSPS) is 13.8. The van der Waals surface area contributed by atoms with Gasteiger partial charge in [-0.3, -0.25) is 0 Å². The molecule has 0 saturated carbocycles. The molecule has 0 aromatic heterocycles. The molecule has 0 heterocycles. The van der Waals surface area contributed by atoms with Gasteiger partial charge in [0.2, 0.25) is 0 Å². The summed E-state index contributed by atoms with van der Waals surface area (Å²) in [5, 5.41) is 0. The molecule has 0 aliphatic carbocycles. The molecular weight excluding hydrogens is 224 g/mol. The number of ether oxygens (including phenoxy) is 2. The minimum absolute atomic E-state index is 0.391. The second-order valence-electron chi connectivity index (χ2n) is 5.46. The van der Waals surface area contributed by atoms with E-state index in [0.717, 1.165) is 26.1 Å². The van der Waals surface area contributed by atoms with Gasteiger partial charge in [0, 0.05) is 19.1 Å². The number of rotatable bonds is 12. The van der Waals surface area contributed by atoms with E-state index >= 15 is 0 Å². The molecule has 0 fully saturated rings. The SMILES string of the molecule is CCCCCCC(C)C(C)(OCCC)OCCC. The molecule has 0 radical (unpaired) electrons. The fraction of sp³-hybridized carbons (Fsp3) is 1.00. The van der Waals surface area contributed by atoms with Crippen molar-refractivity contribution in [2.24, 2.45) is 5.92 Å². The van der Waals surface area contributed by atoms with Crippen molar-refractivity contribution in [2.45, 2.75) is 85.4 Å². The molecule has 1 unspecified atom stereocenters. The summed E-state index contributed by atoms with van der Waals surface area (Å²) in [5.74, 6) is 0.0746. The Hall–Kier alpha value is -0.0800. The van der Waals surface area contributed by atoms with E-state index in [2.05, 4.69) is 34.6 Å². The van der Waals surface area contributed by atoms with Crippen molar-refractivity contribution >= 4 is 0 Å². The Morgan fingerprint density at radius 2 is 1.39 bits per heavy atom. The zero-order chi connectivity index (χ0) is 13.9. The maximum absolute atomic E-state index is 5.98. The summed E-state index contributed by atoms with van der Waals surface area (Å²) in [7, 11) is 0. The topological polar surface area (TPSA) is 18.5 Å². The van der Waals surface area contributed by atoms with Crippen molar-refractivity contribution in [2.75, 3.05) is 13.2 Å². The van der Waals surface area contributed by atoms with Crippen LogP contribution in [0.5, 0.6) is 0 Å². The summed E-state index contributed by atoms with van der Waals surface area (Å²) in [5.41, 5.74) is 0. The lowest BCUT2D eigenvalue weighted by Crippen LogP contribution is -2.40. The monoisotopic (exact) mass is 258 g/mol. The number of unbranched alkanes of at least 4 members (excludes halogenated alkanes) is 3. The second-order valence-corrected chi connectivity index (χ2v) is 5.46. The van der Waals surface area contributed by atoms with Crippen molar-refractivity contribution in [1.29, 1.82) is 0 Å². The second kappa shape index (κ2) is 10.8. The summed E-state index contributed by atoms with van der Waals surface area (Å²) in [6, 6.07) is 0. The smallest absolute Gasteiger partial charge is 0.167 e. The predicted octanol–water partition coefficient (Wildman–Crippen LogP) is 5.16. The van der Waals surface area contributed by atoms with Gasteiger partial charge < -0.3 is 9.47 Å². The van der Waals surface area contributed by atoms with Crippen molar-refractivity contribution in [3.63, 3.8) is 0 Å². The van der Waals surface area contributed by atoms with Crippen LogP contribution < -0.4 is 0 Å². The summed E-state index contributed by atoms with van der Waals surface area (Å²) >= 11 is 0. The van der Waals surface area contributed by atoms with Crippen LogP contribution in [-0.4, -0.2) is 19.0 Å². The molecule has 2 heteroatoms. The van der Waals surface area contributed by atoms with Gasteiger partial charge >= 0.3 is 0 Å². The van der Waals surface area contributed by atoms with E-state index in [1.807, 2.05) is 0 Å². The molecule has 0 rings (SSSR count). The quantitative estimate of drug-likeness (QED) is 0.355.